The third kappa shape index (κ3) is 2.24. The van der Waals surface area contributed by atoms with Crippen molar-refractivity contribution in [1.29, 1.82) is 0 Å². The minimum atomic E-state index is -0.674. The lowest BCUT2D eigenvalue weighted by Crippen LogP contribution is -2.15. The van der Waals surface area contributed by atoms with Crippen LogP contribution in [0.3, 0.4) is 0 Å². The molecule has 6 heteroatoms. The average molecular weight is 281 g/mol. The fourth-order valence-electron chi connectivity index (χ4n) is 2.65. The predicted octanol–water partition coefficient (Wildman–Crippen LogP) is 2.71. The molecule has 1 aliphatic rings. The number of fused-ring (bicyclic) bond motifs is 1. The van der Waals surface area contributed by atoms with E-state index in [4.69, 9.17) is 10.5 Å². The number of rotatable bonds is 5. The number of aromatic nitrogens is 2. The van der Waals surface area contributed by atoms with Crippen LogP contribution in [0.2, 0.25) is 0 Å². The highest BCUT2D eigenvalue weighted by molar-refractivity contribution is 5.79. The molecule has 0 radical (unpaired) electrons. The molecule has 1 aromatic heterocycles. The van der Waals surface area contributed by atoms with Gasteiger partial charge in [0.25, 0.3) is 0 Å². The van der Waals surface area contributed by atoms with E-state index in [1.165, 1.54) is 6.07 Å². The van der Waals surface area contributed by atoms with Gasteiger partial charge < -0.3 is 15.0 Å². The van der Waals surface area contributed by atoms with E-state index < -0.39 is 11.6 Å². The van der Waals surface area contributed by atoms with Gasteiger partial charge in [-0.2, -0.15) is 0 Å². The molecule has 0 bridgehead atoms. The minimum absolute atomic E-state index is 0.126. The molecule has 1 saturated carbocycles. The molecule has 1 fully saturated rings. The van der Waals surface area contributed by atoms with Crippen LogP contribution in [0.5, 0.6) is 0 Å². The van der Waals surface area contributed by atoms with Gasteiger partial charge in [-0.25, -0.2) is 13.8 Å². The molecule has 0 saturated heterocycles. The Labute approximate surface area is 115 Å². The number of nitrogen functional groups attached to an aromatic ring is 1. The summed E-state index contributed by atoms with van der Waals surface area (Å²) in [7, 11) is 1.67. The van der Waals surface area contributed by atoms with Crippen LogP contribution in [0.15, 0.2) is 12.1 Å². The number of benzene rings is 1. The molecule has 108 valence electrons. The van der Waals surface area contributed by atoms with Crippen molar-refractivity contribution in [3.05, 3.63) is 23.8 Å². The van der Waals surface area contributed by atoms with Crippen LogP contribution >= 0.6 is 0 Å². The van der Waals surface area contributed by atoms with Crippen LogP contribution in [-0.2, 0) is 11.3 Å². The Kier molecular flexibility index (Phi) is 3.12. The Bertz CT molecular complexity index is 649. The largest absolute Gasteiger partial charge is 0.385 e. The predicted molar refractivity (Wildman–Crippen MR) is 72.2 cm³/mol. The highest BCUT2D eigenvalue weighted by Gasteiger charge is 2.43. The van der Waals surface area contributed by atoms with Crippen molar-refractivity contribution < 1.29 is 13.5 Å². The van der Waals surface area contributed by atoms with Gasteiger partial charge in [0.1, 0.15) is 11.3 Å². The SMILES string of the molecule is COCCC1(Cn2c(N)nc3c(F)cc(F)cc32)CC1. The van der Waals surface area contributed by atoms with E-state index in [2.05, 4.69) is 4.98 Å². The standard InChI is InChI=1S/C14H17F2N3O/c1-20-5-4-14(2-3-14)8-19-11-7-9(15)6-10(16)12(11)18-13(19)17/h6-7H,2-5,8H2,1H3,(H2,17,18). The van der Waals surface area contributed by atoms with Gasteiger partial charge in [0, 0.05) is 32.4 Å². The Morgan fingerprint density at radius 2 is 2.15 bits per heavy atom. The number of halogens is 2. The second-order valence-electron chi connectivity index (χ2n) is 5.55. The molecule has 0 unspecified atom stereocenters. The van der Waals surface area contributed by atoms with E-state index >= 15 is 0 Å². The van der Waals surface area contributed by atoms with Crippen LogP contribution in [0.25, 0.3) is 11.0 Å². The summed E-state index contributed by atoms with van der Waals surface area (Å²) in [5.41, 5.74) is 6.54. The Morgan fingerprint density at radius 3 is 2.80 bits per heavy atom. The third-order valence-electron chi connectivity index (χ3n) is 4.09. The number of hydrogen-bond donors (Lipinski definition) is 1. The Morgan fingerprint density at radius 1 is 1.40 bits per heavy atom. The normalized spacial score (nSPS) is 16.8. The van der Waals surface area contributed by atoms with Gasteiger partial charge >= 0.3 is 0 Å². The van der Waals surface area contributed by atoms with Crippen LogP contribution in [0.1, 0.15) is 19.3 Å². The van der Waals surface area contributed by atoms with Crippen molar-refractivity contribution in [2.45, 2.75) is 25.8 Å². The maximum absolute atomic E-state index is 13.7. The summed E-state index contributed by atoms with van der Waals surface area (Å²) in [6.45, 7) is 1.30. The first-order chi connectivity index (χ1) is 9.54. The van der Waals surface area contributed by atoms with Gasteiger partial charge in [-0.1, -0.05) is 0 Å². The molecule has 2 aromatic rings. The maximum atomic E-state index is 13.7. The number of ether oxygens (including phenoxy) is 1. The lowest BCUT2D eigenvalue weighted by molar-refractivity contribution is 0.167. The summed E-state index contributed by atoms with van der Waals surface area (Å²) in [4.78, 5) is 4.01. The zero-order valence-electron chi connectivity index (χ0n) is 11.3. The first-order valence-electron chi connectivity index (χ1n) is 6.64. The molecule has 0 aliphatic heterocycles. The van der Waals surface area contributed by atoms with E-state index in [1.54, 1.807) is 11.7 Å². The fourth-order valence-corrected chi connectivity index (χ4v) is 2.65. The molecule has 20 heavy (non-hydrogen) atoms. The van der Waals surface area contributed by atoms with E-state index in [-0.39, 0.29) is 16.9 Å². The van der Waals surface area contributed by atoms with Crippen molar-refractivity contribution in [2.75, 3.05) is 19.5 Å². The van der Waals surface area contributed by atoms with Crippen LogP contribution < -0.4 is 5.73 Å². The zero-order valence-corrected chi connectivity index (χ0v) is 11.3. The van der Waals surface area contributed by atoms with Crippen molar-refractivity contribution >= 4 is 17.0 Å². The van der Waals surface area contributed by atoms with Gasteiger partial charge in [-0.3, -0.25) is 0 Å². The number of anilines is 1. The topological polar surface area (TPSA) is 53.1 Å². The molecule has 2 N–H and O–H groups in total. The molecular formula is C14H17F2N3O. The van der Waals surface area contributed by atoms with Crippen molar-refractivity contribution in [3.8, 4) is 0 Å². The van der Waals surface area contributed by atoms with Gasteiger partial charge in [0.2, 0.25) is 5.95 Å². The summed E-state index contributed by atoms with van der Waals surface area (Å²) in [6.07, 6.45) is 3.07. The first kappa shape index (κ1) is 13.3. The molecule has 1 aliphatic carbocycles. The van der Waals surface area contributed by atoms with Crippen molar-refractivity contribution in [3.63, 3.8) is 0 Å². The number of methoxy groups -OCH3 is 1. The van der Waals surface area contributed by atoms with E-state index in [0.717, 1.165) is 25.3 Å². The smallest absolute Gasteiger partial charge is 0.201 e. The third-order valence-corrected chi connectivity index (χ3v) is 4.09. The summed E-state index contributed by atoms with van der Waals surface area (Å²) in [5, 5.41) is 0. The van der Waals surface area contributed by atoms with E-state index in [9.17, 15) is 8.78 Å². The number of imidazole rings is 1. The molecule has 0 spiro atoms. The second kappa shape index (κ2) is 4.70. The minimum Gasteiger partial charge on any atom is -0.385 e. The maximum Gasteiger partial charge on any atom is 0.201 e. The molecule has 3 rings (SSSR count). The number of nitrogens with two attached hydrogens (primary N) is 1. The Hall–Kier alpha value is -1.69. The highest BCUT2D eigenvalue weighted by Crippen LogP contribution is 2.51. The van der Waals surface area contributed by atoms with Crippen LogP contribution in [0.4, 0.5) is 14.7 Å². The molecular weight excluding hydrogens is 264 g/mol. The van der Waals surface area contributed by atoms with Gasteiger partial charge in [-0.05, 0) is 24.7 Å². The van der Waals surface area contributed by atoms with Gasteiger partial charge in [0.15, 0.2) is 5.82 Å². The summed E-state index contributed by atoms with van der Waals surface area (Å²) in [6, 6.07) is 2.12. The van der Waals surface area contributed by atoms with Crippen molar-refractivity contribution in [1.82, 2.24) is 9.55 Å². The van der Waals surface area contributed by atoms with Gasteiger partial charge in [0.05, 0.1) is 5.52 Å². The highest BCUT2D eigenvalue weighted by atomic mass is 19.1. The van der Waals surface area contributed by atoms with Crippen LogP contribution in [-0.4, -0.2) is 23.3 Å². The molecule has 0 atom stereocenters. The molecule has 1 aromatic carbocycles. The van der Waals surface area contributed by atoms with E-state index in [0.29, 0.717) is 18.7 Å². The number of hydrogen-bond acceptors (Lipinski definition) is 3. The van der Waals surface area contributed by atoms with Crippen molar-refractivity contribution in [2.24, 2.45) is 5.41 Å². The second-order valence-corrected chi connectivity index (χ2v) is 5.55. The van der Waals surface area contributed by atoms with E-state index in [1.807, 2.05) is 0 Å². The number of nitrogens with zero attached hydrogens (tertiary/aromatic N) is 2. The molecule has 1 heterocycles. The van der Waals surface area contributed by atoms with Crippen LogP contribution in [0, 0.1) is 17.0 Å². The monoisotopic (exact) mass is 281 g/mol. The Balaban J connectivity index is 1.97. The molecule has 4 nitrogen and oxygen atoms in total. The molecule has 0 amide bonds. The first-order valence-corrected chi connectivity index (χ1v) is 6.64. The zero-order chi connectivity index (χ0) is 14.3. The summed E-state index contributed by atoms with van der Waals surface area (Å²) in [5.74, 6) is -1.06. The lowest BCUT2D eigenvalue weighted by Gasteiger charge is -2.17. The fraction of sp³-hybridized carbons (Fsp3) is 0.500. The average Bonchev–Trinajstić information content (AvgIpc) is 3.10. The quantitative estimate of drug-likeness (QED) is 0.916. The van der Waals surface area contributed by atoms with Gasteiger partial charge in [-0.15, -0.1) is 0 Å². The summed E-state index contributed by atoms with van der Waals surface area (Å²) < 4.78 is 33.9. The summed E-state index contributed by atoms with van der Waals surface area (Å²) >= 11 is 0. The lowest BCUT2D eigenvalue weighted by atomic mass is 10.0.